The Morgan fingerprint density at radius 1 is 0.400 bits per heavy atom. The lowest BCUT2D eigenvalue weighted by Crippen LogP contribution is -2.00. The maximum atomic E-state index is 5.36. The summed E-state index contributed by atoms with van der Waals surface area (Å²) < 4.78 is 24.5. The van der Waals surface area contributed by atoms with Crippen molar-refractivity contribution in [1.29, 1.82) is 0 Å². The van der Waals surface area contributed by atoms with Gasteiger partial charge in [-0.2, -0.15) is 0 Å². The maximum Gasteiger partial charge on any atom is 0.121 e. The molecule has 0 amide bonds. The molecule has 2 atom stereocenters. The summed E-state index contributed by atoms with van der Waals surface area (Å²) in [6, 6.07) is 0. The first-order valence-electron chi connectivity index (χ1n) is 13.5. The van der Waals surface area contributed by atoms with Gasteiger partial charge in [-0.3, -0.25) is 0 Å². The lowest BCUT2D eigenvalue weighted by Gasteiger charge is -2.04. The summed E-state index contributed by atoms with van der Waals surface area (Å²) >= 11 is 0. The molecule has 0 saturated carbocycles. The SMILES string of the molecule is C1=CC2CCC1O2.C1=CCCC1.C1=CCCCC1.C1=COCC1.C1=COCCC1.C1=COCCO1. The highest BCUT2D eigenvalue weighted by atomic mass is 16.5. The zero-order chi connectivity index (χ0) is 24.5. The van der Waals surface area contributed by atoms with Crippen LogP contribution in [0, 0.1) is 0 Å². The number of ether oxygens (including phenoxy) is 5. The molecule has 0 radical (unpaired) electrons. The van der Waals surface area contributed by atoms with Crippen molar-refractivity contribution in [2.75, 3.05) is 26.4 Å². The van der Waals surface area contributed by atoms with E-state index in [1.807, 2.05) is 12.2 Å². The minimum absolute atomic E-state index is 0.491. The average molecular weight is 487 g/mol. The molecule has 5 aliphatic heterocycles. The minimum atomic E-state index is 0.491. The fourth-order valence-corrected chi connectivity index (χ4v) is 3.71. The van der Waals surface area contributed by atoms with Crippen molar-refractivity contribution in [3.05, 3.63) is 73.7 Å². The quantitative estimate of drug-likeness (QED) is 0.329. The van der Waals surface area contributed by atoms with Crippen LogP contribution in [0.3, 0.4) is 0 Å². The van der Waals surface area contributed by atoms with Crippen LogP contribution in [0.5, 0.6) is 0 Å². The Morgan fingerprint density at radius 3 is 1.06 bits per heavy atom. The molecule has 1 fully saturated rings. The molecule has 196 valence electrons. The summed E-state index contributed by atoms with van der Waals surface area (Å²) in [5, 5.41) is 0. The molecule has 35 heavy (non-hydrogen) atoms. The van der Waals surface area contributed by atoms with E-state index in [2.05, 4.69) is 36.5 Å². The van der Waals surface area contributed by atoms with Crippen molar-refractivity contribution in [3.8, 4) is 0 Å². The highest BCUT2D eigenvalue weighted by Crippen LogP contribution is 2.27. The van der Waals surface area contributed by atoms with Gasteiger partial charge in [-0.1, -0.05) is 36.5 Å². The van der Waals surface area contributed by atoms with Gasteiger partial charge < -0.3 is 23.7 Å². The van der Waals surface area contributed by atoms with E-state index in [1.54, 1.807) is 25.0 Å². The average Bonchev–Trinajstić information content (AvgIpc) is 3.81. The van der Waals surface area contributed by atoms with Crippen LogP contribution >= 0.6 is 0 Å². The number of hydrogen-bond donors (Lipinski definition) is 0. The third-order valence-corrected chi connectivity index (χ3v) is 5.68. The number of hydrogen-bond acceptors (Lipinski definition) is 5. The molecule has 0 N–H and O–H groups in total. The third kappa shape index (κ3) is 17.7. The van der Waals surface area contributed by atoms with Crippen molar-refractivity contribution >= 4 is 0 Å². The second-order valence-corrected chi connectivity index (χ2v) is 8.76. The van der Waals surface area contributed by atoms with Gasteiger partial charge in [0.25, 0.3) is 0 Å². The number of allylic oxidation sites excluding steroid dienone is 5. The molecular formula is C30H46O5. The standard InChI is InChI=1S/C6H8O.C6H10.C5H8O.C5H8.C4H6O2.C4H6O/c1-2-6-4-3-5(1)7-6;2*1-2-4-6-5-3-1;1-2-4-5-3-1;1-2-6-4-3-5-1;1-2-4-5-3-1/h1-2,5-6H,3-4H2;1-2H,3-6H2;2,4H,1,3,5H2;1-2H,3-5H2;1-2H,3-4H2;1,3H,2,4H2. The zero-order valence-corrected chi connectivity index (χ0v) is 21.4. The Balaban J connectivity index is 0.000000149. The Kier molecular flexibility index (Phi) is 18.2. The molecule has 0 aromatic heterocycles. The largest absolute Gasteiger partial charge is 0.502 e. The van der Waals surface area contributed by atoms with Gasteiger partial charge in [-0.05, 0) is 82.8 Å². The van der Waals surface area contributed by atoms with Gasteiger partial charge in [0.2, 0.25) is 0 Å². The van der Waals surface area contributed by atoms with Crippen molar-refractivity contribution < 1.29 is 23.7 Å². The van der Waals surface area contributed by atoms with Gasteiger partial charge in [-0.25, -0.2) is 0 Å². The third-order valence-electron chi connectivity index (χ3n) is 5.68. The van der Waals surface area contributed by atoms with E-state index in [-0.39, 0.29) is 0 Å². The fraction of sp³-hybridized carbons (Fsp3) is 0.600. The molecule has 2 unspecified atom stereocenters. The molecule has 5 nitrogen and oxygen atoms in total. The fourth-order valence-electron chi connectivity index (χ4n) is 3.71. The highest BCUT2D eigenvalue weighted by Gasteiger charge is 2.26. The number of rotatable bonds is 0. The Morgan fingerprint density at radius 2 is 0.886 bits per heavy atom. The monoisotopic (exact) mass is 486 g/mol. The van der Waals surface area contributed by atoms with Gasteiger partial charge in [0.15, 0.2) is 0 Å². The van der Waals surface area contributed by atoms with E-state index in [9.17, 15) is 0 Å². The summed E-state index contributed by atoms with van der Waals surface area (Å²) in [7, 11) is 0. The summed E-state index contributed by atoms with van der Waals surface area (Å²) in [6.07, 6.45) is 40.4. The van der Waals surface area contributed by atoms with Crippen LogP contribution in [0.1, 0.15) is 77.0 Å². The predicted molar refractivity (Wildman–Crippen MR) is 143 cm³/mol. The molecule has 2 aliphatic carbocycles. The van der Waals surface area contributed by atoms with Crippen molar-refractivity contribution in [2.45, 2.75) is 89.3 Å². The molecule has 5 heterocycles. The normalized spacial score (nSPS) is 25.1. The molecule has 7 rings (SSSR count). The van der Waals surface area contributed by atoms with E-state index >= 15 is 0 Å². The van der Waals surface area contributed by atoms with E-state index < -0.39 is 0 Å². The van der Waals surface area contributed by atoms with Crippen LogP contribution in [-0.2, 0) is 23.7 Å². The second-order valence-electron chi connectivity index (χ2n) is 8.76. The molecule has 1 saturated heterocycles. The number of fused-ring (bicyclic) bond motifs is 2. The van der Waals surface area contributed by atoms with Crippen LogP contribution in [-0.4, -0.2) is 38.6 Å². The van der Waals surface area contributed by atoms with Crippen LogP contribution in [0.2, 0.25) is 0 Å². The van der Waals surface area contributed by atoms with Crippen LogP contribution in [0.15, 0.2) is 73.7 Å². The van der Waals surface area contributed by atoms with Crippen LogP contribution in [0.25, 0.3) is 0 Å². The minimum Gasteiger partial charge on any atom is -0.502 e. The van der Waals surface area contributed by atoms with Gasteiger partial charge in [0.05, 0.1) is 37.9 Å². The first kappa shape index (κ1) is 28.8. The molecule has 2 bridgehead atoms. The van der Waals surface area contributed by atoms with E-state index in [4.69, 9.17) is 23.7 Å². The van der Waals surface area contributed by atoms with Gasteiger partial charge >= 0.3 is 0 Å². The lowest BCUT2D eigenvalue weighted by atomic mass is 10.1. The molecule has 0 spiro atoms. The van der Waals surface area contributed by atoms with E-state index in [0.717, 1.165) is 19.6 Å². The predicted octanol–water partition coefficient (Wildman–Crippen LogP) is 7.68. The van der Waals surface area contributed by atoms with E-state index in [1.165, 1.54) is 70.6 Å². The summed E-state index contributed by atoms with van der Waals surface area (Å²) in [5.41, 5.74) is 0. The first-order chi connectivity index (χ1) is 17.4. The molecule has 5 heteroatoms. The van der Waals surface area contributed by atoms with Crippen LogP contribution < -0.4 is 0 Å². The van der Waals surface area contributed by atoms with Gasteiger partial charge in [0.1, 0.15) is 25.7 Å². The Hall–Kier alpha value is -2.40. The maximum absolute atomic E-state index is 5.36. The van der Waals surface area contributed by atoms with Crippen molar-refractivity contribution in [2.24, 2.45) is 0 Å². The molecule has 7 aliphatic rings. The molecule has 0 aromatic rings. The topological polar surface area (TPSA) is 46.2 Å². The molecule has 0 aromatic carbocycles. The van der Waals surface area contributed by atoms with Crippen molar-refractivity contribution in [1.82, 2.24) is 0 Å². The smallest absolute Gasteiger partial charge is 0.121 e. The first-order valence-corrected chi connectivity index (χ1v) is 13.5. The summed E-state index contributed by atoms with van der Waals surface area (Å²) in [5.74, 6) is 0. The highest BCUT2D eigenvalue weighted by molar-refractivity contribution is 5.07. The summed E-state index contributed by atoms with van der Waals surface area (Å²) in [4.78, 5) is 0. The lowest BCUT2D eigenvalue weighted by molar-refractivity contribution is 0.108. The zero-order valence-electron chi connectivity index (χ0n) is 21.4. The van der Waals surface area contributed by atoms with Gasteiger partial charge in [-0.15, -0.1) is 0 Å². The van der Waals surface area contributed by atoms with E-state index in [0.29, 0.717) is 25.4 Å². The molecular weight excluding hydrogens is 440 g/mol. The van der Waals surface area contributed by atoms with Crippen LogP contribution in [0.4, 0.5) is 0 Å². The second kappa shape index (κ2) is 22.1. The van der Waals surface area contributed by atoms with Crippen molar-refractivity contribution in [3.63, 3.8) is 0 Å². The van der Waals surface area contributed by atoms with Gasteiger partial charge in [0, 0.05) is 6.42 Å². The Bertz CT molecular complexity index is 555. The Labute approximate surface area is 213 Å². The summed E-state index contributed by atoms with van der Waals surface area (Å²) in [6.45, 7) is 3.18.